The van der Waals surface area contributed by atoms with Crippen LogP contribution in [-0.2, 0) is 20.9 Å². The number of esters is 1. The number of rotatable bonds is 8. The van der Waals surface area contributed by atoms with Gasteiger partial charge in [0, 0.05) is 18.7 Å². The molecule has 0 N–H and O–H groups in total. The van der Waals surface area contributed by atoms with E-state index < -0.39 is 5.97 Å². The molecule has 1 aromatic heterocycles. The van der Waals surface area contributed by atoms with Gasteiger partial charge in [0.15, 0.2) is 13.2 Å². The minimum atomic E-state index is -0.599. The minimum Gasteiger partial charge on any atom is -0.454 e. The summed E-state index contributed by atoms with van der Waals surface area (Å²) in [6, 6.07) is 7.66. The van der Waals surface area contributed by atoms with Crippen molar-refractivity contribution in [3.8, 4) is 11.4 Å². The molecule has 0 aliphatic heterocycles. The number of aromatic nitrogens is 4. The molecule has 0 spiro atoms. The van der Waals surface area contributed by atoms with Gasteiger partial charge in [-0.1, -0.05) is 42.0 Å². The Labute approximate surface area is 152 Å². The first-order chi connectivity index (χ1) is 12.4. The van der Waals surface area contributed by atoms with Crippen molar-refractivity contribution in [2.45, 2.75) is 27.3 Å². The molecular formula is C18H23N5O3. The average Bonchev–Trinajstić information content (AvgIpc) is 3.06. The molecule has 0 saturated heterocycles. The van der Waals surface area contributed by atoms with Gasteiger partial charge in [-0.15, -0.1) is 10.2 Å². The average molecular weight is 357 g/mol. The van der Waals surface area contributed by atoms with E-state index in [0.717, 1.165) is 21.5 Å². The summed E-state index contributed by atoms with van der Waals surface area (Å²) in [7, 11) is 0. The fourth-order valence-electron chi connectivity index (χ4n) is 2.23. The van der Waals surface area contributed by atoms with E-state index in [0.29, 0.717) is 18.9 Å². The number of amides is 1. The standard InChI is InChI=1S/C18H23N5O3/c1-5-22(10-13(2)3)16(24)12-26-17(25)11-23-20-18(19-21-23)15-8-6-14(4)7-9-15/h6-9H,2,5,10-12H2,1,3-4H3. The number of tetrazole rings is 1. The maximum absolute atomic E-state index is 12.0. The summed E-state index contributed by atoms with van der Waals surface area (Å²) >= 11 is 0. The topological polar surface area (TPSA) is 90.2 Å². The Balaban J connectivity index is 1.87. The highest BCUT2D eigenvalue weighted by atomic mass is 16.5. The highest BCUT2D eigenvalue weighted by molar-refractivity contribution is 5.80. The summed E-state index contributed by atoms with van der Waals surface area (Å²) in [5.74, 6) is -0.444. The molecule has 0 fully saturated rings. The van der Waals surface area contributed by atoms with Gasteiger partial charge in [-0.2, -0.15) is 4.80 Å². The van der Waals surface area contributed by atoms with E-state index in [1.54, 1.807) is 4.90 Å². The molecule has 1 amide bonds. The minimum absolute atomic E-state index is 0.210. The fourth-order valence-corrected chi connectivity index (χ4v) is 2.23. The Morgan fingerprint density at radius 1 is 1.27 bits per heavy atom. The molecule has 0 aliphatic rings. The van der Waals surface area contributed by atoms with Gasteiger partial charge in [-0.05, 0) is 26.0 Å². The summed E-state index contributed by atoms with van der Waals surface area (Å²) in [4.78, 5) is 26.7. The zero-order valence-corrected chi connectivity index (χ0v) is 15.3. The van der Waals surface area contributed by atoms with E-state index in [1.807, 2.05) is 45.0 Å². The van der Waals surface area contributed by atoms with Gasteiger partial charge in [0.1, 0.15) is 0 Å². The number of carbonyl (C=O) groups is 2. The zero-order valence-electron chi connectivity index (χ0n) is 15.3. The maximum Gasteiger partial charge on any atom is 0.330 e. The summed E-state index contributed by atoms with van der Waals surface area (Å²) in [5.41, 5.74) is 2.80. The first kappa shape index (κ1) is 19.3. The van der Waals surface area contributed by atoms with E-state index in [4.69, 9.17) is 4.74 Å². The molecule has 8 heteroatoms. The summed E-state index contributed by atoms with van der Waals surface area (Å²) in [6.45, 7) is 9.89. The molecule has 2 aromatic rings. The van der Waals surface area contributed by atoms with Crippen LogP contribution in [0.1, 0.15) is 19.4 Å². The second-order valence-corrected chi connectivity index (χ2v) is 6.04. The third-order valence-electron chi connectivity index (χ3n) is 3.58. The van der Waals surface area contributed by atoms with Crippen LogP contribution in [0.15, 0.2) is 36.4 Å². The monoisotopic (exact) mass is 357 g/mol. The first-order valence-electron chi connectivity index (χ1n) is 8.31. The maximum atomic E-state index is 12.0. The van der Waals surface area contributed by atoms with Crippen LogP contribution in [0.2, 0.25) is 0 Å². The van der Waals surface area contributed by atoms with E-state index in [9.17, 15) is 9.59 Å². The number of benzene rings is 1. The third kappa shape index (κ3) is 5.51. The second-order valence-electron chi connectivity index (χ2n) is 6.04. The molecule has 1 aromatic carbocycles. The van der Waals surface area contributed by atoms with Gasteiger partial charge >= 0.3 is 5.97 Å². The van der Waals surface area contributed by atoms with Crippen molar-refractivity contribution in [1.82, 2.24) is 25.1 Å². The SMILES string of the molecule is C=C(C)CN(CC)C(=O)COC(=O)Cn1nnc(-c2ccc(C)cc2)n1. The Kier molecular flexibility index (Phi) is 6.60. The van der Waals surface area contributed by atoms with Crippen LogP contribution >= 0.6 is 0 Å². The molecule has 1 heterocycles. The van der Waals surface area contributed by atoms with Gasteiger partial charge in [0.25, 0.3) is 5.91 Å². The number of carbonyl (C=O) groups excluding carboxylic acids is 2. The van der Waals surface area contributed by atoms with Gasteiger partial charge < -0.3 is 9.64 Å². The molecule has 0 atom stereocenters. The van der Waals surface area contributed by atoms with Crippen molar-refractivity contribution in [3.05, 3.63) is 42.0 Å². The van der Waals surface area contributed by atoms with Crippen molar-refractivity contribution in [3.63, 3.8) is 0 Å². The predicted octanol–water partition coefficient (Wildman–Crippen LogP) is 1.62. The Bertz CT molecular complexity index is 782. The lowest BCUT2D eigenvalue weighted by Crippen LogP contribution is -2.36. The van der Waals surface area contributed by atoms with Crippen molar-refractivity contribution >= 4 is 11.9 Å². The van der Waals surface area contributed by atoms with Crippen molar-refractivity contribution in [2.24, 2.45) is 0 Å². The molecular weight excluding hydrogens is 334 g/mol. The van der Waals surface area contributed by atoms with Crippen molar-refractivity contribution in [1.29, 1.82) is 0 Å². The summed E-state index contributed by atoms with van der Waals surface area (Å²) < 4.78 is 5.01. The molecule has 8 nitrogen and oxygen atoms in total. The van der Waals surface area contributed by atoms with Gasteiger partial charge in [-0.25, -0.2) is 4.79 Å². The summed E-state index contributed by atoms with van der Waals surface area (Å²) in [5, 5.41) is 11.9. The van der Waals surface area contributed by atoms with Crippen LogP contribution in [0.4, 0.5) is 0 Å². The van der Waals surface area contributed by atoms with E-state index in [2.05, 4.69) is 22.0 Å². The number of aryl methyl sites for hydroxylation is 1. The van der Waals surface area contributed by atoms with Gasteiger partial charge in [-0.3, -0.25) is 4.79 Å². The number of hydrogen-bond acceptors (Lipinski definition) is 6. The van der Waals surface area contributed by atoms with E-state index in [1.165, 1.54) is 0 Å². The molecule has 138 valence electrons. The van der Waals surface area contributed by atoms with Crippen LogP contribution < -0.4 is 0 Å². The molecule has 0 radical (unpaired) electrons. The van der Waals surface area contributed by atoms with Crippen LogP contribution in [0.25, 0.3) is 11.4 Å². The van der Waals surface area contributed by atoms with Crippen LogP contribution in [0.3, 0.4) is 0 Å². The number of ether oxygens (including phenoxy) is 1. The molecule has 26 heavy (non-hydrogen) atoms. The Hall–Kier alpha value is -3.03. The second kappa shape index (κ2) is 8.89. The molecule has 0 bridgehead atoms. The Morgan fingerprint density at radius 2 is 1.96 bits per heavy atom. The predicted molar refractivity (Wildman–Crippen MR) is 96.0 cm³/mol. The molecule has 0 aliphatic carbocycles. The molecule has 0 unspecified atom stereocenters. The largest absolute Gasteiger partial charge is 0.454 e. The Morgan fingerprint density at radius 3 is 2.58 bits per heavy atom. The lowest BCUT2D eigenvalue weighted by molar-refractivity contribution is -0.152. The zero-order chi connectivity index (χ0) is 19.1. The van der Waals surface area contributed by atoms with Crippen LogP contribution in [0, 0.1) is 6.92 Å². The first-order valence-corrected chi connectivity index (χ1v) is 8.31. The molecule has 2 rings (SSSR count). The molecule has 0 saturated carbocycles. The van der Waals surface area contributed by atoms with E-state index >= 15 is 0 Å². The smallest absolute Gasteiger partial charge is 0.330 e. The quantitative estimate of drug-likeness (QED) is 0.527. The summed E-state index contributed by atoms with van der Waals surface area (Å²) in [6.07, 6.45) is 0. The number of nitrogens with zero attached hydrogens (tertiary/aromatic N) is 5. The number of likely N-dealkylation sites (N-methyl/N-ethyl adjacent to an activating group) is 1. The van der Waals surface area contributed by atoms with Gasteiger partial charge in [0.2, 0.25) is 5.82 Å². The van der Waals surface area contributed by atoms with Crippen molar-refractivity contribution in [2.75, 3.05) is 19.7 Å². The lowest BCUT2D eigenvalue weighted by atomic mass is 10.1. The van der Waals surface area contributed by atoms with Crippen molar-refractivity contribution < 1.29 is 14.3 Å². The fraction of sp³-hybridized carbons (Fsp3) is 0.389. The lowest BCUT2D eigenvalue weighted by Gasteiger charge is -2.20. The van der Waals surface area contributed by atoms with E-state index in [-0.39, 0.29) is 19.1 Å². The normalized spacial score (nSPS) is 10.4. The van der Waals surface area contributed by atoms with Crippen LogP contribution in [-0.4, -0.2) is 56.7 Å². The highest BCUT2D eigenvalue weighted by Gasteiger charge is 2.15. The van der Waals surface area contributed by atoms with Gasteiger partial charge in [0.05, 0.1) is 0 Å². The number of hydrogen-bond donors (Lipinski definition) is 0. The van der Waals surface area contributed by atoms with Crippen LogP contribution in [0.5, 0.6) is 0 Å². The third-order valence-corrected chi connectivity index (χ3v) is 3.58. The highest BCUT2D eigenvalue weighted by Crippen LogP contribution is 2.13.